The van der Waals surface area contributed by atoms with Crippen LogP contribution in [0.2, 0.25) is 0 Å². The fraction of sp³-hybridized carbons (Fsp3) is 0.417. The fourth-order valence-corrected chi connectivity index (χ4v) is 2.90. The summed E-state index contributed by atoms with van der Waals surface area (Å²) in [6.07, 6.45) is -0.0191. The minimum absolute atomic E-state index is 0.119. The largest absolute Gasteiger partial charge is 0.481 e. The number of carboxylic acids is 1. The van der Waals surface area contributed by atoms with Crippen molar-refractivity contribution in [1.29, 1.82) is 0 Å². The van der Waals surface area contributed by atoms with E-state index >= 15 is 0 Å². The Morgan fingerprint density at radius 3 is 2.50 bits per heavy atom. The van der Waals surface area contributed by atoms with Crippen molar-refractivity contribution in [3.8, 4) is 0 Å². The molecule has 0 aromatic heterocycles. The highest BCUT2D eigenvalue weighted by atomic mass is 32.2. The lowest BCUT2D eigenvalue weighted by Gasteiger charge is -2.21. The molecule has 0 amide bonds. The van der Waals surface area contributed by atoms with E-state index in [1.807, 2.05) is 19.1 Å². The van der Waals surface area contributed by atoms with Gasteiger partial charge < -0.3 is 5.11 Å². The number of hydrogen-bond acceptors (Lipinski definition) is 3. The SMILES string of the molecule is Cc1ccccc1N(C)S(=O)(=O)CCCC(=O)O. The van der Waals surface area contributed by atoms with Gasteiger partial charge in [-0.15, -0.1) is 0 Å². The third-order valence-electron chi connectivity index (χ3n) is 2.66. The Morgan fingerprint density at radius 1 is 1.33 bits per heavy atom. The summed E-state index contributed by atoms with van der Waals surface area (Å²) in [5, 5.41) is 8.50. The molecule has 0 fully saturated rings. The summed E-state index contributed by atoms with van der Waals surface area (Å²) in [6.45, 7) is 1.83. The number of carbonyl (C=O) groups is 1. The first kappa shape index (κ1) is 14.5. The Bertz CT molecular complexity index is 525. The zero-order chi connectivity index (χ0) is 13.8. The van der Waals surface area contributed by atoms with E-state index in [-0.39, 0.29) is 18.6 Å². The van der Waals surface area contributed by atoms with Crippen LogP contribution in [0.3, 0.4) is 0 Å². The summed E-state index contributed by atoms with van der Waals surface area (Å²) in [6, 6.07) is 7.16. The number of para-hydroxylation sites is 1. The van der Waals surface area contributed by atoms with Gasteiger partial charge in [0.1, 0.15) is 0 Å². The minimum atomic E-state index is -3.46. The molecule has 0 aliphatic heterocycles. The summed E-state index contributed by atoms with van der Waals surface area (Å²) in [5.74, 6) is -1.15. The molecule has 0 spiro atoms. The summed E-state index contributed by atoms with van der Waals surface area (Å²) >= 11 is 0. The molecule has 5 nitrogen and oxygen atoms in total. The molecule has 0 saturated heterocycles. The van der Waals surface area contributed by atoms with Crippen LogP contribution < -0.4 is 4.31 Å². The van der Waals surface area contributed by atoms with Crippen molar-refractivity contribution in [2.45, 2.75) is 19.8 Å². The monoisotopic (exact) mass is 271 g/mol. The van der Waals surface area contributed by atoms with E-state index in [4.69, 9.17) is 5.11 Å². The van der Waals surface area contributed by atoms with Crippen LogP contribution in [0.4, 0.5) is 5.69 Å². The summed E-state index contributed by atoms with van der Waals surface area (Å²) in [4.78, 5) is 10.4. The van der Waals surface area contributed by atoms with Gasteiger partial charge in [0.25, 0.3) is 0 Å². The van der Waals surface area contributed by atoms with E-state index in [2.05, 4.69) is 0 Å². The van der Waals surface area contributed by atoms with Crippen LogP contribution in [-0.2, 0) is 14.8 Å². The predicted molar refractivity (Wildman–Crippen MR) is 70.2 cm³/mol. The van der Waals surface area contributed by atoms with Gasteiger partial charge in [-0.25, -0.2) is 8.42 Å². The Kier molecular flexibility index (Phi) is 4.72. The normalized spacial score (nSPS) is 11.2. The first-order valence-electron chi connectivity index (χ1n) is 5.58. The lowest BCUT2D eigenvalue weighted by atomic mass is 10.2. The second-order valence-corrected chi connectivity index (χ2v) is 6.19. The molecule has 0 aliphatic rings. The Hall–Kier alpha value is -1.56. The number of benzene rings is 1. The van der Waals surface area contributed by atoms with E-state index in [1.54, 1.807) is 12.1 Å². The molecule has 1 aromatic carbocycles. The highest BCUT2D eigenvalue weighted by Crippen LogP contribution is 2.21. The predicted octanol–water partition coefficient (Wildman–Crippen LogP) is 1.63. The van der Waals surface area contributed by atoms with Gasteiger partial charge in [-0.1, -0.05) is 18.2 Å². The summed E-state index contributed by atoms with van der Waals surface area (Å²) < 4.78 is 25.2. The van der Waals surface area contributed by atoms with Crippen molar-refractivity contribution in [1.82, 2.24) is 0 Å². The van der Waals surface area contributed by atoms with Crippen molar-refractivity contribution in [2.24, 2.45) is 0 Å². The number of sulfonamides is 1. The van der Waals surface area contributed by atoms with Gasteiger partial charge in [0.05, 0.1) is 11.4 Å². The summed E-state index contributed by atoms with van der Waals surface area (Å²) in [7, 11) is -1.98. The summed E-state index contributed by atoms with van der Waals surface area (Å²) in [5.41, 5.74) is 1.48. The molecule has 0 unspecified atom stereocenters. The average molecular weight is 271 g/mol. The molecule has 0 atom stereocenters. The number of carboxylic acid groups (broad SMARTS) is 1. The molecule has 18 heavy (non-hydrogen) atoms. The quantitative estimate of drug-likeness (QED) is 0.853. The van der Waals surface area contributed by atoms with Gasteiger partial charge in [-0.05, 0) is 25.0 Å². The molecule has 1 aromatic rings. The van der Waals surface area contributed by atoms with Crippen molar-refractivity contribution in [3.05, 3.63) is 29.8 Å². The van der Waals surface area contributed by atoms with E-state index in [1.165, 1.54) is 11.4 Å². The van der Waals surface area contributed by atoms with Gasteiger partial charge in [0.2, 0.25) is 10.0 Å². The van der Waals surface area contributed by atoms with Crippen molar-refractivity contribution < 1.29 is 18.3 Å². The molecule has 0 aliphatic carbocycles. The smallest absolute Gasteiger partial charge is 0.303 e. The minimum Gasteiger partial charge on any atom is -0.481 e. The highest BCUT2D eigenvalue weighted by Gasteiger charge is 2.19. The number of aryl methyl sites for hydroxylation is 1. The van der Waals surface area contributed by atoms with Gasteiger partial charge >= 0.3 is 5.97 Å². The van der Waals surface area contributed by atoms with E-state index < -0.39 is 16.0 Å². The van der Waals surface area contributed by atoms with Crippen LogP contribution in [0, 0.1) is 6.92 Å². The van der Waals surface area contributed by atoms with E-state index in [9.17, 15) is 13.2 Å². The molecular weight excluding hydrogens is 254 g/mol. The lowest BCUT2D eigenvalue weighted by molar-refractivity contribution is -0.137. The average Bonchev–Trinajstić information content (AvgIpc) is 2.28. The van der Waals surface area contributed by atoms with Crippen LogP contribution >= 0.6 is 0 Å². The zero-order valence-corrected chi connectivity index (χ0v) is 11.3. The van der Waals surface area contributed by atoms with E-state index in [0.29, 0.717) is 5.69 Å². The van der Waals surface area contributed by atoms with Gasteiger partial charge in [-0.3, -0.25) is 9.10 Å². The Labute approximate surface area is 107 Å². The number of aliphatic carboxylic acids is 1. The zero-order valence-electron chi connectivity index (χ0n) is 10.5. The second-order valence-electron chi connectivity index (χ2n) is 4.07. The molecule has 1 rings (SSSR count). The first-order chi connectivity index (χ1) is 8.34. The highest BCUT2D eigenvalue weighted by molar-refractivity contribution is 7.92. The topological polar surface area (TPSA) is 74.7 Å². The van der Waals surface area contributed by atoms with Crippen LogP contribution in [-0.4, -0.2) is 32.3 Å². The third-order valence-corrected chi connectivity index (χ3v) is 4.50. The number of nitrogens with zero attached hydrogens (tertiary/aromatic N) is 1. The van der Waals surface area contributed by atoms with Crippen LogP contribution in [0.5, 0.6) is 0 Å². The van der Waals surface area contributed by atoms with Crippen molar-refractivity contribution >= 4 is 21.7 Å². The van der Waals surface area contributed by atoms with Crippen LogP contribution in [0.25, 0.3) is 0 Å². The number of rotatable bonds is 6. The van der Waals surface area contributed by atoms with Crippen LogP contribution in [0.15, 0.2) is 24.3 Å². The second kappa shape index (κ2) is 5.86. The van der Waals surface area contributed by atoms with Gasteiger partial charge in [0, 0.05) is 13.5 Å². The molecule has 0 saturated carbocycles. The van der Waals surface area contributed by atoms with Gasteiger partial charge in [-0.2, -0.15) is 0 Å². The molecule has 0 bridgehead atoms. The standard InChI is InChI=1S/C12H17NO4S/c1-10-6-3-4-7-11(10)13(2)18(16,17)9-5-8-12(14)15/h3-4,6-7H,5,8-9H2,1-2H3,(H,14,15). The number of anilines is 1. The molecule has 0 heterocycles. The van der Waals surface area contributed by atoms with E-state index in [0.717, 1.165) is 5.56 Å². The first-order valence-corrected chi connectivity index (χ1v) is 7.19. The molecular formula is C12H17NO4S. The van der Waals surface area contributed by atoms with Crippen molar-refractivity contribution in [2.75, 3.05) is 17.1 Å². The molecule has 6 heteroatoms. The molecule has 0 radical (unpaired) electrons. The Balaban J connectivity index is 2.79. The Morgan fingerprint density at radius 2 is 1.94 bits per heavy atom. The molecule has 1 N–H and O–H groups in total. The lowest BCUT2D eigenvalue weighted by Crippen LogP contribution is -2.29. The van der Waals surface area contributed by atoms with Crippen molar-refractivity contribution in [3.63, 3.8) is 0 Å². The molecule has 100 valence electrons. The maximum absolute atomic E-state index is 12.0. The van der Waals surface area contributed by atoms with Gasteiger partial charge in [0.15, 0.2) is 0 Å². The maximum atomic E-state index is 12.0. The third kappa shape index (κ3) is 3.73. The number of hydrogen-bond donors (Lipinski definition) is 1. The maximum Gasteiger partial charge on any atom is 0.303 e. The van der Waals surface area contributed by atoms with Crippen LogP contribution in [0.1, 0.15) is 18.4 Å². The fourth-order valence-electron chi connectivity index (χ4n) is 1.61.